The highest BCUT2D eigenvalue weighted by atomic mass is 79.9. The molecule has 0 spiro atoms. The monoisotopic (exact) mass is 352 g/mol. The molecule has 1 N–H and O–H groups in total. The molecule has 20 heavy (non-hydrogen) atoms. The molecule has 0 aliphatic heterocycles. The summed E-state index contributed by atoms with van der Waals surface area (Å²) in [6, 6.07) is 9.27. The minimum Gasteiger partial charge on any atom is -0.369 e. The Morgan fingerprint density at radius 3 is 2.65 bits per heavy atom. The normalized spacial score (nSPS) is 11.1. The molecule has 4 heteroatoms. The average molecular weight is 353 g/mol. The van der Waals surface area contributed by atoms with Crippen LogP contribution in [0.25, 0.3) is 0 Å². The van der Waals surface area contributed by atoms with Crippen LogP contribution in [0, 0.1) is 0 Å². The molecule has 0 bridgehead atoms. The largest absolute Gasteiger partial charge is 0.369 e. The standard InChI is InChI=1S/C16H21BrN2S/c1-12(2)18-9-13-4-5-16(15(17)8-13)19(3)10-14-6-7-20-11-14/h4-8,11-12,18H,9-10H2,1-3H3. The first-order chi connectivity index (χ1) is 9.56. The van der Waals surface area contributed by atoms with Crippen LogP contribution in [0.2, 0.25) is 0 Å². The van der Waals surface area contributed by atoms with Crippen LogP contribution in [0.15, 0.2) is 39.5 Å². The zero-order valence-corrected chi connectivity index (χ0v) is 14.6. The minimum absolute atomic E-state index is 0.509. The highest BCUT2D eigenvalue weighted by Crippen LogP contribution is 2.28. The minimum atomic E-state index is 0.509. The average Bonchev–Trinajstić information content (AvgIpc) is 2.89. The van der Waals surface area contributed by atoms with E-state index in [4.69, 9.17) is 0 Å². The van der Waals surface area contributed by atoms with Crippen molar-refractivity contribution >= 4 is 33.0 Å². The fourth-order valence-corrected chi connectivity index (χ4v) is 3.42. The van der Waals surface area contributed by atoms with Crippen molar-refractivity contribution in [3.05, 3.63) is 50.6 Å². The van der Waals surface area contributed by atoms with E-state index in [2.05, 4.69) is 82.1 Å². The Balaban J connectivity index is 2.05. The lowest BCUT2D eigenvalue weighted by Crippen LogP contribution is -2.22. The molecule has 0 amide bonds. The number of hydrogen-bond acceptors (Lipinski definition) is 3. The maximum absolute atomic E-state index is 3.69. The predicted octanol–water partition coefficient (Wildman–Crippen LogP) is 4.65. The van der Waals surface area contributed by atoms with E-state index in [1.165, 1.54) is 16.8 Å². The molecule has 2 nitrogen and oxygen atoms in total. The fourth-order valence-electron chi connectivity index (χ4n) is 2.03. The van der Waals surface area contributed by atoms with Crippen molar-refractivity contribution in [3.63, 3.8) is 0 Å². The SMILES string of the molecule is CC(C)NCc1ccc(N(C)Cc2ccsc2)c(Br)c1. The van der Waals surface area contributed by atoms with Gasteiger partial charge < -0.3 is 10.2 Å². The van der Waals surface area contributed by atoms with Gasteiger partial charge in [-0.25, -0.2) is 0 Å². The van der Waals surface area contributed by atoms with Crippen LogP contribution >= 0.6 is 27.3 Å². The molecule has 0 aliphatic carbocycles. The number of nitrogens with one attached hydrogen (secondary N) is 1. The zero-order valence-electron chi connectivity index (χ0n) is 12.2. The van der Waals surface area contributed by atoms with E-state index < -0.39 is 0 Å². The lowest BCUT2D eigenvalue weighted by molar-refractivity contribution is 0.589. The van der Waals surface area contributed by atoms with Gasteiger partial charge in [-0.05, 0) is 56.0 Å². The van der Waals surface area contributed by atoms with Crippen LogP contribution in [0.1, 0.15) is 25.0 Å². The molecule has 0 aliphatic rings. The molecule has 0 fully saturated rings. The van der Waals surface area contributed by atoms with Gasteiger partial charge in [-0.2, -0.15) is 11.3 Å². The van der Waals surface area contributed by atoms with Gasteiger partial charge in [-0.1, -0.05) is 19.9 Å². The summed E-state index contributed by atoms with van der Waals surface area (Å²) >= 11 is 5.44. The molecule has 2 aromatic rings. The maximum atomic E-state index is 3.69. The number of halogens is 1. The fraction of sp³-hybridized carbons (Fsp3) is 0.375. The van der Waals surface area contributed by atoms with Crippen molar-refractivity contribution in [2.75, 3.05) is 11.9 Å². The van der Waals surface area contributed by atoms with E-state index in [9.17, 15) is 0 Å². The van der Waals surface area contributed by atoms with E-state index in [1.807, 2.05) is 0 Å². The number of benzene rings is 1. The summed E-state index contributed by atoms with van der Waals surface area (Å²) < 4.78 is 1.15. The molecule has 0 radical (unpaired) electrons. The molecule has 1 aromatic carbocycles. The predicted molar refractivity (Wildman–Crippen MR) is 92.5 cm³/mol. The van der Waals surface area contributed by atoms with Crippen LogP contribution in [0.3, 0.4) is 0 Å². The first-order valence-corrected chi connectivity index (χ1v) is 8.54. The van der Waals surface area contributed by atoms with E-state index in [0.29, 0.717) is 6.04 Å². The van der Waals surface area contributed by atoms with E-state index in [0.717, 1.165) is 17.6 Å². The van der Waals surface area contributed by atoms with Crippen molar-refractivity contribution < 1.29 is 0 Å². The molecule has 108 valence electrons. The quantitative estimate of drug-likeness (QED) is 0.814. The smallest absolute Gasteiger partial charge is 0.0511 e. The number of nitrogens with zero attached hydrogens (tertiary/aromatic N) is 1. The number of thiophene rings is 1. The zero-order chi connectivity index (χ0) is 14.5. The van der Waals surface area contributed by atoms with Crippen molar-refractivity contribution in [1.29, 1.82) is 0 Å². The summed E-state index contributed by atoms with van der Waals surface area (Å²) in [6.45, 7) is 6.17. The van der Waals surface area contributed by atoms with Crippen molar-refractivity contribution in [2.24, 2.45) is 0 Å². The summed E-state index contributed by atoms with van der Waals surface area (Å²) in [7, 11) is 2.13. The van der Waals surface area contributed by atoms with E-state index in [-0.39, 0.29) is 0 Å². The lowest BCUT2D eigenvalue weighted by Gasteiger charge is -2.21. The third-order valence-corrected chi connectivity index (χ3v) is 4.50. The second-order valence-corrected chi connectivity index (χ2v) is 6.94. The highest BCUT2D eigenvalue weighted by Gasteiger charge is 2.08. The summed E-state index contributed by atoms with van der Waals surface area (Å²) in [5.41, 5.74) is 3.89. The van der Waals surface area contributed by atoms with Crippen LogP contribution in [0.5, 0.6) is 0 Å². The molecule has 0 unspecified atom stereocenters. The second-order valence-electron chi connectivity index (χ2n) is 5.31. The van der Waals surface area contributed by atoms with Gasteiger partial charge >= 0.3 is 0 Å². The van der Waals surface area contributed by atoms with Crippen molar-refractivity contribution in [2.45, 2.75) is 33.0 Å². The Morgan fingerprint density at radius 1 is 1.25 bits per heavy atom. The molecule has 1 heterocycles. The van der Waals surface area contributed by atoms with Crippen molar-refractivity contribution in [1.82, 2.24) is 5.32 Å². The van der Waals surface area contributed by atoms with Crippen LogP contribution in [-0.2, 0) is 13.1 Å². The number of anilines is 1. The van der Waals surface area contributed by atoms with Gasteiger partial charge in [0.25, 0.3) is 0 Å². The van der Waals surface area contributed by atoms with E-state index in [1.54, 1.807) is 11.3 Å². The first kappa shape index (κ1) is 15.5. The molecule has 0 saturated heterocycles. The first-order valence-electron chi connectivity index (χ1n) is 6.80. The Labute approximate surface area is 133 Å². The number of rotatable bonds is 6. The number of hydrogen-bond donors (Lipinski definition) is 1. The van der Waals surface area contributed by atoms with Crippen LogP contribution in [-0.4, -0.2) is 13.1 Å². The molecule has 2 rings (SSSR count). The molecular formula is C16H21BrN2S. The Morgan fingerprint density at radius 2 is 2.05 bits per heavy atom. The summed E-state index contributed by atoms with van der Waals surface area (Å²) in [6.07, 6.45) is 0. The van der Waals surface area contributed by atoms with Gasteiger partial charge in [0.05, 0.1) is 5.69 Å². The molecular weight excluding hydrogens is 332 g/mol. The van der Waals surface area contributed by atoms with Crippen LogP contribution < -0.4 is 10.2 Å². The summed E-state index contributed by atoms with van der Waals surface area (Å²) in [5.74, 6) is 0. The highest BCUT2D eigenvalue weighted by molar-refractivity contribution is 9.10. The summed E-state index contributed by atoms with van der Waals surface area (Å²) in [4.78, 5) is 2.27. The van der Waals surface area contributed by atoms with Crippen molar-refractivity contribution in [3.8, 4) is 0 Å². The molecule has 0 saturated carbocycles. The molecule has 1 aromatic heterocycles. The van der Waals surface area contributed by atoms with Gasteiger partial charge in [-0.3, -0.25) is 0 Å². The Hall–Kier alpha value is -0.840. The molecule has 0 atom stereocenters. The second kappa shape index (κ2) is 7.25. The van der Waals surface area contributed by atoms with Gasteiger partial charge in [0.15, 0.2) is 0 Å². The third-order valence-electron chi connectivity index (χ3n) is 3.14. The third kappa shape index (κ3) is 4.33. The van der Waals surface area contributed by atoms with Crippen LogP contribution in [0.4, 0.5) is 5.69 Å². The topological polar surface area (TPSA) is 15.3 Å². The lowest BCUT2D eigenvalue weighted by atomic mass is 10.2. The van der Waals surface area contributed by atoms with Gasteiger partial charge in [0.2, 0.25) is 0 Å². The van der Waals surface area contributed by atoms with Gasteiger partial charge in [0.1, 0.15) is 0 Å². The summed E-state index contributed by atoms with van der Waals surface area (Å²) in [5, 5.41) is 7.76. The maximum Gasteiger partial charge on any atom is 0.0511 e. The Kier molecular flexibility index (Phi) is 5.64. The van der Waals surface area contributed by atoms with Gasteiger partial charge in [-0.15, -0.1) is 0 Å². The van der Waals surface area contributed by atoms with Gasteiger partial charge in [0, 0.05) is 30.7 Å². The Bertz CT molecular complexity index is 537. The van der Waals surface area contributed by atoms with E-state index >= 15 is 0 Å².